The molecule has 0 spiro atoms. The van der Waals surface area contributed by atoms with Gasteiger partial charge in [-0.05, 0) is 55.6 Å². The fourth-order valence-electron chi connectivity index (χ4n) is 10.2. The van der Waals surface area contributed by atoms with Gasteiger partial charge in [-0.1, -0.05) is 20.1 Å². The van der Waals surface area contributed by atoms with Crippen molar-refractivity contribution >= 4 is 11.6 Å². The number of carbonyl (C=O) groups excluding carboxylic acids is 2. The highest BCUT2D eigenvalue weighted by atomic mass is 16.6. The average Bonchev–Trinajstić information content (AvgIpc) is 3.76. The van der Waals surface area contributed by atoms with E-state index in [0.717, 1.165) is 30.4 Å². The van der Waals surface area contributed by atoms with Crippen LogP contribution in [0.25, 0.3) is 0 Å². The summed E-state index contributed by atoms with van der Waals surface area (Å²) >= 11 is 0. The second-order valence-corrected chi connectivity index (χ2v) is 16.9. The van der Waals surface area contributed by atoms with Crippen molar-refractivity contribution in [3.05, 3.63) is 24.3 Å². The lowest BCUT2D eigenvalue weighted by Crippen LogP contribution is -2.59. The van der Waals surface area contributed by atoms with Crippen molar-refractivity contribution in [2.24, 2.45) is 17.8 Å². The molecule has 0 amide bonds. The fraction of sp³-hybridized carbons (Fsp3) is 0.850. The smallest absolute Gasteiger partial charge is 0.135 e. The fourth-order valence-corrected chi connectivity index (χ4v) is 10.2. The number of Topliss-reactive ketones (excluding diaryl/α,β-unsaturated/α-hetero) is 2. The standard InChI is InChI=1S/C40H60O13/c1-19-9-26-7-8-30-20(2)10-25(49-30)6-5-22(42)13-33-37(46)40-39(52-33)36(45)28-15-27(48-18-35(28)53-40)11-23(43)12-29-32(16-31(50-26)21(19)3)51-34(38(29)47-4)14-24(44)17-41/h19,24-41,44-46H,2-3,5-18H2,1,4H3/t19-,24+,25+,26+,27-,28+,29+,30+,31-,32?,33-,34-,35+,36+,37+,38-,39+,40+/m1/s1. The van der Waals surface area contributed by atoms with Gasteiger partial charge in [-0.3, -0.25) is 9.59 Å². The molecule has 4 N–H and O–H groups in total. The summed E-state index contributed by atoms with van der Waals surface area (Å²) in [5.74, 6) is -0.587. The summed E-state index contributed by atoms with van der Waals surface area (Å²) in [5.41, 5.74) is 2.00. The molecule has 7 heterocycles. The summed E-state index contributed by atoms with van der Waals surface area (Å²) in [6.07, 6.45) is -3.24. The molecule has 0 radical (unpaired) electrons. The SMILES string of the molecule is C=C1C[C@@H]2CCC(=O)C[C@H]3O[C@H]4[C@@H](O)[C@H]5C[C@@H](CC(=O)C[C@H]6C(C[C@H]7O[C@@H](CC[C@@H]1O2)C[C@@H](C)C7=C)O[C@H](C[C@H](O)CO)[C@@H]6OC)OC[C@@H]5O[C@H]4[C@H]3O. The highest BCUT2D eigenvalue weighted by molar-refractivity contribution is 5.79. The Hall–Kier alpha value is -1.62. The van der Waals surface area contributed by atoms with Gasteiger partial charge in [0.2, 0.25) is 0 Å². The van der Waals surface area contributed by atoms with Crippen LogP contribution in [0.15, 0.2) is 24.3 Å². The number of hydrogen-bond acceptors (Lipinski definition) is 13. The Morgan fingerprint density at radius 1 is 0.774 bits per heavy atom. The largest absolute Gasteiger partial charge is 0.394 e. The van der Waals surface area contributed by atoms with Gasteiger partial charge in [-0.25, -0.2) is 0 Å². The zero-order valence-electron chi connectivity index (χ0n) is 31.2. The topological polar surface area (TPSA) is 180 Å². The molecule has 298 valence electrons. The van der Waals surface area contributed by atoms with Crippen molar-refractivity contribution in [2.45, 2.75) is 176 Å². The second kappa shape index (κ2) is 16.9. The molecule has 7 rings (SSSR count). The minimum absolute atomic E-state index is 0.0160. The lowest BCUT2D eigenvalue weighted by atomic mass is 9.79. The van der Waals surface area contributed by atoms with E-state index in [9.17, 15) is 30.0 Å². The Kier molecular flexibility index (Phi) is 12.6. The highest BCUT2D eigenvalue weighted by Crippen LogP contribution is 2.44. The molecule has 7 fully saturated rings. The van der Waals surface area contributed by atoms with Gasteiger partial charge in [0.1, 0.15) is 29.9 Å². The normalized spacial score (nSPS) is 47.7. The summed E-state index contributed by atoms with van der Waals surface area (Å²) in [7, 11) is 1.58. The average molecular weight is 749 g/mol. The van der Waals surface area contributed by atoms with Crippen LogP contribution in [-0.4, -0.2) is 144 Å². The monoisotopic (exact) mass is 748 g/mol. The molecular weight excluding hydrogens is 688 g/mol. The van der Waals surface area contributed by atoms with Gasteiger partial charge in [0.15, 0.2) is 0 Å². The van der Waals surface area contributed by atoms with Gasteiger partial charge in [0, 0.05) is 57.5 Å². The van der Waals surface area contributed by atoms with Gasteiger partial charge in [0.25, 0.3) is 0 Å². The van der Waals surface area contributed by atoms with Crippen LogP contribution < -0.4 is 0 Å². The first kappa shape index (κ1) is 39.6. The minimum Gasteiger partial charge on any atom is -0.394 e. The van der Waals surface area contributed by atoms with Crippen LogP contribution in [0, 0.1) is 17.8 Å². The van der Waals surface area contributed by atoms with Crippen LogP contribution in [0.1, 0.15) is 84.0 Å². The van der Waals surface area contributed by atoms with E-state index in [1.165, 1.54) is 0 Å². The molecule has 13 heteroatoms. The summed E-state index contributed by atoms with van der Waals surface area (Å²) < 4.78 is 44.2. The predicted molar refractivity (Wildman–Crippen MR) is 189 cm³/mol. The molecule has 7 aliphatic rings. The molecule has 0 aliphatic carbocycles. The van der Waals surface area contributed by atoms with E-state index in [2.05, 4.69) is 20.1 Å². The first-order valence-electron chi connectivity index (χ1n) is 19.9. The van der Waals surface area contributed by atoms with Crippen LogP contribution in [0.4, 0.5) is 0 Å². The first-order chi connectivity index (χ1) is 25.4. The minimum atomic E-state index is -1.07. The third-order valence-corrected chi connectivity index (χ3v) is 13.2. The number of fused-ring (bicyclic) bond motifs is 7. The molecule has 0 aromatic carbocycles. The molecule has 8 bridgehead atoms. The molecule has 13 nitrogen and oxygen atoms in total. The van der Waals surface area contributed by atoms with E-state index in [1.807, 2.05) is 0 Å². The van der Waals surface area contributed by atoms with E-state index in [1.54, 1.807) is 7.11 Å². The maximum atomic E-state index is 13.9. The van der Waals surface area contributed by atoms with Gasteiger partial charge >= 0.3 is 0 Å². The molecule has 0 aromatic heterocycles. The first-order valence-corrected chi connectivity index (χ1v) is 19.9. The van der Waals surface area contributed by atoms with Crippen molar-refractivity contribution in [3.8, 4) is 0 Å². The maximum Gasteiger partial charge on any atom is 0.135 e. The molecular formula is C40H60O13. The van der Waals surface area contributed by atoms with Gasteiger partial charge in [-0.15, -0.1) is 0 Å². The number of ether oxygens (including phenoxy) is 7. The molecule has 7 saturated heterocycles. The zero-order chi connectivity index (χ0) is 37.6. The molecule has 53 heavy (non-hydrogen) atoms. The summed E-state index contributed by atoms with van der Waals surface area (Å²) in [6.45, 7) is 10.6. The highest BCUT2D eigenvalue weighted by Gasteiger charge is 2.57. The summed E-state index contributed by atoms with van der Waals surface area (Å²) in [5, 5.41) is 42.7. The number of rotatable bonds is 4. The quantitative estimate of drug-likeness (QED) is 0.308. The van der Waals surface area contributed by atoms with E-state index >= 15 is 0 Å². The Bertz CT molecular complexity index is 1340. The van der Waals surface area contributed by atoms with E-state index in [-0.39, 0.29) is 92.4 Å². The van der Waals surface area contributed by atoms with Crippen molar-refractivity contribution in [1.29, 1.82) is 0 Å². The van der Waals surface area contributed by atoms with Gasteiger partial charge in [-0.2, -0.15) is 0 Å². The Balaban J connectivity index is 1.11. The number of aliphatic hydroxyl groups is 4. The van der Waals surface area contributed by atoms with E-state index in [0.29, 0.717) is 25.7 Å². The number of ketones is 2. The van der Waals surface area contributed by atoms with Crippen molar-refractivity contribution in [2.75, 3.05) is 20.3 Å². The third kappa shape index (κ3) is 8.56. The molecule has 1 unspecified atom stereocenters. The van der Waals surface area contributed by atoms with Gasteiger partial charge in [0.05, 0.1) is 86.5 Å². The molecule has 0 aromatic rings. The maximum absolute atomic E-state index is 13.9. The summed E-state index contributed by atoms with van der Waals surface area (Å²) in [4.78, 5) is 27.0. The lowest BCUT2D eigenvalue weighted by Gasteiger charge is -2.46. The van der Waals surface area contributed by atoms with Gasteiger partial charge < -0.3 is 53.6 Å². The second-order valence-electron chi connectivity index (χ2n) is 16.9. The van der Waals surface area contributed by atoms with Crippen molar-refractivity contribution in [3.63, 3.8) is 0 Å². The van der Waals surface area contributed by atoms with Crippen LogP contribution in [0.2, 0.25) is 0 Å². The van der Waals surface area contributed by atoms with E-state index < -0.39 is 73.8 Å². The van der Waals surface area contributed by atoms with Crippen LogP contribution in [0.3, 0.4) is 0 Å². The molecule has 18 atom stereocenters. The molecule has 7 aliphatic heterocycles. The lowest BCUT2D eigenvalue weighted by molar-refractivity contribution is -0.235. The third-order valence-electron chi connectivity index (χ3n) is 13.2. The van der Waals surface area contributed by atoms with Crippen LogP contribution >= 0.6 is 0 Å². The predicted octanol–water partition coefficient (Wildman–Crippen LogP) is 2.13. The number of aliphatic hydroxyl groups excluding tert-OH is 4. The van der Waals surface area contributed by atoms with Crippen LogP contribution in [0.5, 0.6) is 0 Å². The van der Waals surface area contributed by atoms with Crippen molar-refractivity contribution < 1.29 is 63.2 Å². The van der Waals surface area contributed by atoms with Crippen molar-refractivity contribution in [1.82, 2.24) is 0 Å². The summed E-state index contributed by atoms with van der Waals surface area (Å²) in [6, 6.07) is 0. The Labute approximate surface area is 312 Å². The Morgan fingerprint density at radius 3 is 2.30 bits per heavy atom. The van der Waals surface area contributed by atoms with Crippen LogP contribution in [-0.2, 0) is 42.7 Å². The van der Waals surface area contributed by atoms with E-state index in [4.69, 9.17) is 33.2 Å². The zero-order valence-corrected chi connectivity index (χ0v) is 31.2. The Morgan fingerprint density at radius 2 is 1.53 bits per heavy atom. The number of hydrogen-bond donors (Lipinski definition) is 4. The number of methoxy groups -OCH3 is 1. The molecule has 0 saturated carbocycles. The number of carbonyl (C=O) groups is 2.